The van der Waals surface area contributed by atoms with Gasteiger partial charge in [0, 0.05) is 42.5 Å². The van der Waals surface area contributed by atoms with Gasteiger partial charge < -0.3 is 9.64 Å². The largest absolute Gasteiger partial charge is 0.372 e. The molecular formula is C21H20BrFN4O2. The molecule has 6 nitrogen and oxygen atoms in total. The van der Waals surface area contributed by atoms with E-state index in [1.54, 1.807) is 7.05 Å². The minimum Gasteiger partial charge on any atom is -0.372 e. The molecule has 8 heteroatoms. The van der Waals surface area contributed by atoms with Gasteiger partial charge in [0.1, 0.15) is 6.10 Å². The molecule has 1 saturated heterocycles. The maximum Gasteiger partial charge on any atom is 0.255 e. The SMILES string of the molecule is Cn1c(N2CCCOC(c3cccc(Br)c3)C2)nc(-c2ccncc2F)cc1=O. The number of nitrogens with zero attached hydrogens (tertiary/aromatic N) is 4. The van der Waals surface area contributed by atoms with Crippen molar-refractivity contribution in [1.29, 1.82) is 0 Å². The van der Waals surface area contributed by atoms with Gasteiger partial charge in [0.15, 0.2) is 5.82 Å². The van der Waals surface area contributed by atoms with Crippen LogP contribution in [0.2, 0.25) is 0 Å². The Morgan fingerprint density at radius 3 is 2.93 bits per heavy atom. The van der Waals surface area contributed by atoms with Gasteiger partial charge in [-0.15, -0.1) is 0 Å². The van der Waals surface area contributed by atoms with Crippen molar-refractivity contribution in [1.82, 2.24) is 14.5 Å². The fourth-order valence-electron chi connectivity index (χ4n) is 3.45. The van der Waals surface area contributed by atoms with E-state index in [0.29, 0.717) is 31.3 Å². The van der Waals surface area contributed by atoms with Crippen molar-refractivity contribution in [3.63, 3.8) is 0 Å². The van der Waals surface area contributed by atoms with E-state index in [2.05, 4.69) is 25.9 Å². The third-order valence-corrected chi connectivity index (χ3v) is 5.43. The zero-order valence-electron chi connectivity index (χ0n) is 15.9. The lowest BCUT2D eigenvalue weighted by Crippen LogP contribution is -2.34. The molecule has 0 radical (unpaired) electrons. The highest BCUT2D eigenvalue weighted by Crippen LogP contribution is 2.27. The molecule has 0 N–H and O–H groups in total. The van der Waals surface area contributed by atoms with Crippen LogP contribution >= 0.6 is 15.9 Å². The number of rotatable bonds is 3. The Labute approximate surface area is 176 Å². The first-order valence-corrected chi connectivity index (χ1v) is 10.1. The predicted molar refractivity (Wildman–Crippen MR) is 112 cm³/mol. The van der Waals surface area contributed by atoms with Crippen LogP contribution in [-0.2, 0) is 11.8 Å². The molecule has 1 fully saturated rings. The van der Waals surface area contributed by atoms with Gasteiger partial charge in [0.2, 0.25) is 5.95 Å². The summed E-state index contributed by atoms with van der Waals surface area (Å²) in [6.07, 6.45) is 3.25. The standard InChI is InChI=1S/C21H20BrFN4O2/c1-26-20(28)11-18(16-6-7-24-12-17(16)23)25-21(26)27-8-3-9-29-19(13-27)14-4-2-5-15(22)10-14/h2,4-7,10-12,19H,3,8-9,13H2,1H3. The molecule has 3 heterocycles. The Kier molecular flexibility index (Phi) is 5.73. The van der Waals surface area contributed by atoms with Gasteiger partial charge in [0.05, 0.1) is 18.4 Å². The molecule has 1 unspecified atom stereocenters. The van der Waals surface area contributed by atoms with Crippen LogP contribution in [0.4, 0.5) is 10.3 Å². The van der Waals surface area contributed by atoms with Crippen molar-refractivity contribution in [3.05, 3.63) is 75.0 Å². The second-order valence-corrected chi connectivity index (χ2v) is 7.82. The Morgan fingerprint density at radius 2 is 2.14 bits per heavy atom. The van der Waals surface area contributed by atoms with Gasteiger partial charge >= 0.3 is 0 Å². The molecule has 0 spiro atoms. The van der Waals surface area contributed by atoms with Crippen molar-refractivity contribution in [2.24, 2.45) is 7.05 Å². The molecule has 0 saturated carbocycles. The molecule has 3 aromatic rings. The quantitative estimate of drug-likeness (QED) is 0.598. The van der Waals surface area contributed by atoms with E-state index in [1.807, 2.05) is 29.2 Å². The molecule has 0 bridgehead atoms. The minimum absolute atomic E-state index is 0.159. The lowest BCUT2D eigenvalue weighted by molar-refractivity contribution is 0.0685. The third kappa shape index (κ3) is 4.23. The van der Waals surface area contributed by atoms with Crippen molar-refractivity contribution >= 4 is 21.9 Å². The summed E-state index contributed by atoms with van der Waals surface area (Å²) in [5.74, 6) is -0.0142. The Hall–Kier alpha value is -2.58. The summed E-state index contributed by atoms with van der Waals surface area (Å²) in [7, 11) is 1.68. The molecule has 1 aliphatic heterocycles. The molecular weight excluding hydrogens is 439 g/mol. The number of ether oxygens (including phenoxy) is 1. The summed E-state index contributed by atoms with van der Waals surface area (Å²) in [5, 5.41) is 0. The normalized spacial score (nSPS) is 17.2. The second-order valence-electron chi connectivity index (χ2n) is 6.91. The van der Waals surface area contributed by atoms with Crippen LogP contribution in [0.1, 0.15) is 18.1 Å². The minimum atomic E-state index is -0.509. The van der Waals surface area contributed by atoms with Gasteiger partial charge in [0.25, 0.3) is 5.56 Å². The molecule has 4 rings (SSSR count). The molecule has 1 atom stereocenters. The smallest absolute Gasteiger partial charge is 0.255 e. The number of pyridine rings is 1. The monoisotopic (exact) mass is 458 g/mol. The molecule has 1 aromatic carbocycles. The van der Waals surface area contributed by atoms with Gasteiger partial charge in [-0.1, -0.05) is 28.1 Å². The van der Waals surface area contributed by atoms with Gasteiger partial charge in [-0.3, -0.25) is 14.3 Å². The van der Waals surface area contributed by atoms with Crippen molar-refractivity contribution in [3.8, 4) is 11.3 Å². The highest BCUT2D eigenvalue weighted by Gasteiger charge is 2.24. The number of benzene rings is 1. The van der Waals surface area contributed by atoms with Crippen molar-refractivity contribution < 1.29 is 9.13 Å². The van der Waals surface area contributed by atoms with E-state index in [4.69, 9.17) is 4.74 Å². The molecule has 150 valence electrons. The first-order valence-electron chi connectivity index (χ1n) is 9.33. The first kappa shape index (κ1) is 19.7. The summed E-state index contributed by atoms with van der Waals surface area (Å²) in [5.41, 5.74) is 1.36. The van der Waals surface area contributed by atoms with Crippen LogP contribution < -0.4 is 10.5 Å². The zero-order valence-corrected chi connectivity index (χ0v) is 17.5. The molecule has 0 aliphatic carbocycles. The number of anilines is 1. The Morgan fingerprint density at radius 1 is 1.28 bits per heavy atom. The van der Waals surface area contributed by atoms with Crippen LogP contribution in [0, 0.1) is 5.82 Å². The highest BCUT2D eigenvalue weighted by atomic mass is 79.9. The fourth-order valence-corrected chi connectivity index (χ4v) is 3.86. The summed E-state index contributed by atoms with van der Waals surface area (Å²) < 4.78 is 22.7. The Balaban J connectivity index is 1.73. The van der Waals surface area contributed by atoms with E-state index < -0.39 is 5.82 Å². The molecule has 1 aliphatic rings. The van der Waals surface area contributed by atoms with E-state index in [-0.39, 0.29) is 17.2 Å². The number of hydrogen-bond acceptors (Lipinski definition) is 5. The maximum atomic E-state index is 14.2. The first-order chi connectivity index (χ1) is 14.0. The van der Waals surface area contributed by atoms with Crippen LogP contribution in [0.15, 0.2) is 58.1 Å². The summed E-state index contributed by atoms with van der Waals surface area (Å²) in [6.45, 7) is 1.84. The van der Waals surface area contributed by atoms with E-state index >= 15 is 0 Å². The van der Waals surface area contributed by atoms with Gasteiger partial charge in [-0.25, -0.2) is 9.37 Å². The van der Waals surface area contributed by atoms with E-state index in [1.165, 1.54) is 22.9 Å². The number of aromatic nitrogens is 3. The van der Waals surface area contributed by atoms with Crippen molar-refractivity contribution in [2.45, 2.75) is 12.5 Å². The zero-order chi connectivity index (χ0) is 20.4. The molecule has 2 aromatic heterocycles. The van der Waals surface area contributed by atoms with Gasteiger partial charge in [-0.05, 0) is 30.2 Å². The average molecular weight is 459 g/mol. The average Bonchev–Trinajstić information content (AvgIpc) is 2.97. The van der Waals surface area contributed by atoms with E-state index in [9.17, 15) is 9.18 Å². The lowest BCUT2D eigenvalue weighted by atomic mass is 10.1. The van der Waals surface area contributed by atoms with Crippen LogP contribution in [-0.4, -0.2) is 34.2 Å². The molecule has 29 heavy (non-hydrogen) atoms. The van der Waals surface area contributed by atoms with Crippen LogP contribution in [0.3, 0.4) is 0 Å². The lowest BCUT2D eigenvalue weighted by Gasteiger charge is -2.27. The van der Waals surface area contributed by atoms with Crippen LogP contribution in [0.5, 0.6) is 0 Å². The fraction of sp³-hybridized carbons (Fsp3) is 0.286. The van der Waals surface area contributed by atoms with Gasteiger partial charge in [-0.2, -0.15) is 0 Å². The third-order valence-electron chi connectivity index (χ3n) is 4.94. The Bertz CT molecular complexity index is 1090. The summed E-state index contributed by atoms with van der Waals surface area (Å²) in [6, 6.07) is 10.9. The topological polar surface area (TPSA) is 60.2 Å². The second kappa shape index (κ2) is 8.42. The molecule has 0 amide bonds. The summed E-state index contributed by atoms with van der Waals surface area (Å²) in [4.78, 5) is 23.0. The maximum absolute atomic E-state index is 14.2. The van der Waals surface area contributed by atoms with Crippen molar-refractivity contribution in [2.75, 3.05) is 24.6 Å². The van der Waals surface area contributed by atoms with E-state index in [0.717, 1.165) is 22.7 Å². The number of halogens is 2. The predicted octanol–water partition coefficient (Wildman–Crippen LogP) is 3.71. The van der Waals surface area contributed by atoms with Crippen LogP contribution in [0.25, 0.3) is 11.3 Å². The highest BCUT2D eigenvalue weighted by molar-refractivity contribution is 9.10. The number of hydrogen-bond donors (Lipinski definition) is 0. The summed E-state index contributed by atoms with van der Waals surface area (Å²) >= 11 is 3.50.